The van der Waals surface area contributed by atoms with Crippen LogP contribution in [0, 0.1) is 5.92 Å². The minimum absolute atomic E-state index is 0.358. The molecule has 0 atom stereocenters. The minimum atomic E-state index is 0.358. The molecule has 0 spiro atoms. The topological polar surface area (TPSA) is 24.8 Å². The Morgan fingerprint density at radius 3 is 2.38 bits per heavy atom. The van der Waals surface area contributed by atoms with E-state index in [9.17, 15) is 4.79 Å². The number of hydrogen-bond donors (Lipinski definition) is 1. The molecule has 0 radical (unpaired) electrons. The summed E-state index contributed by atoms with van der Waals surface area (Å²) in [6.07, 6.45) is 6.13. The summed E-state index contributed by atoms with van der Waals surface area (Å²) in [6, 6.07) is 0. The fraction of sp³-hybridized carbons (Fsp3) is 0.923. The van der Waals surface area contributed by atoms with E-state index >= 15 is 0 Å². The van der Waals surface area contributed by atoms with E-state index in [0.717, 1.165) is 39.0 Å². The first-order chi connectivity index (χ1) is 7.81. The van der Waals surface area contributed by atoms with Crippen molar-refractivity contribution in [2.45, 2.75) is 39.0 Å². The number of hydrogen-bond acceptors (Lipinski definition) is 1. The predicted octanol–water partition coefficient (Wildman–Crippen LogP) is 0.314. The molecule has 92 valence electrons. The van der Waals surface area contributed by atoms with Crippen LogP contribution in [0.25, 0.3) is 0 Å². The fourth-order valence-electron chi connectivity index (χ4n) is 3.00. The lowest BCUT2D eigenvalue weighted by Crippen LogP contribution is -3.14. The van der Waals surface area contributed by atoms with Crippen molar-refractivity contribution in [3.8, 4) is 0 Å². The number of carbonyl (C=O) groups excluding carboxylic acids is 1. The van der Waals surface area contributed by atoms with Gasteiger partial charge in [-0.3, -0.25) is 4.79 Å². The first-order valence-corrected chi connectivity index (χ1v) is 6.93. The van der Waals surface area contributed by atoms with Crippen LogP contribution < -0.4 is 4.90 Å². The largest absolute Gasteiger partial charge is 0.332 e. The van der Waals surface area contributed by atoms with Crippen LogP contribution in [0.15, 0.2) is 0 Å². The van der Waals surface area contributed by atoms with Gasteiger partial charge >= 0.3 is 0 Å². The monoisotopic (exact) mass is 225 g/mol. The molecule has 16 heavy (non-hydrogen) atoms. The van der Waals surface area contributed by atoms with Crippen molar-refractivity contribution in [3.05, 3.63) is 0 Å². The number of quaternary nitrogens is 1. The van der Waals surface area contributed by atoms with Crippen LogP contribution in [0.1, 0.15) is 39.0 Å². The molecule has 1 saturated heterocycles. The van der Waals surface area contributed by atoms with Gasteiger partial charge in [0.2, 0.25) is 5.91 Å². The molecule has 0 unspecified atom stereocenters. The van der Waals surface area contributed by atoms with Crippen molar-refractivity contribution in [2.24, 2.45) is 5.92 Å². The van der Waals surface area contributed by atoms with Gasteiger partial charge in [0, 0.05) is 5.92 Å². The van der Waals surface area contributed by atoms with Crippen LogP contribution in [0.3, 0.4) is 0 Å². The summed E-state index contributed by atoms with van der Waals surface area (Å²) in [6.45, 7) is 7.69. The standard InChI is InChI=1S/C13H24N2O/c1-2-14-8-10-15(11-9-14)13(16)12-6-4-3-5-7-12/h12H,2-11H2,1H3/p+1. The van der Waals surface area contributed by atoms with E-state index in [0.29, 0.717) is 11.8 Å². The summed E-state index contributed by atoms with van der Waals surface area (Å²) in [5.74, 6) is 0.812. The van der Waals surface area contributed by atoms with Crippen molar-refractivity contribution in [3.63, 3.8) is 0 Å². The fourth-order valence-corrected chi connectivity index (χ4v) is 3.00. The normalized spacial score (nSPS) is 24.7. The van der Waals surface area contributed by atoms with Crippen molar-refractivity contribution in [1.82, 2.24) is 4.90 Å². The van der Waals surface area contributed by atoms with Crippen LogP contribution in [-0.4, -0.2) is 43.5 Å². The highest BCUT2D eigenvalue weighted by atomic mass is 16.2. The summed E-state index contributed by atoms with van der Waals surface area (Å²) < 4.78 is 0. The molecule has 1 heterocycles. The lowest BCUT2D eigenvalue weighted by molar-refractivity contribution is -0.902. The van der Waals surface area contributed by atoms with E-state index in [2.05, 4.69) is 11.8 Å². The smallest absolute Gasteiger partial charge is 0.226 e. The Balaban J connectivity index is 1.81. The second kappa shape index (κ2) is 5.67. The Hall–Kier alpha value is -0.570. The number of nitrogens with one attached hydrogen (secondary N) is 1. The number of nitrogens with zero attached hydrogens (tertiary/aromatic N) is 1. The predicted molar refractivity (Wildman–Crippen MR) is 64.4 cm³/mol. The van der Waals surface area contributed by atoms with Gasteiger partial charge in [-0.25, -0.2) is 0 Å². The lowest BCUT2D eigenvalue weighted by Gasteiger charge is -2.34. The van der Waals surface area contributed by atoms with Gasteiger partial charge in [0.05, 0.1) is 32.7 Å². The molecule has 2 rings (SSSR count). The van der Waals surface area contributed by atoms with Crippen LogP contribution in [0.4, 0.5) is 0 Å². The molecule has 0 aromatic rings. The number of piperazine rings is 1. The first-order valence-electron chi connectivity index (χ1n) is 6.93. The summed E-state index contributed by atoms with van der Waals surface area (Å²) >= 11 is 0. The zero-order valence-corrected chi connectivity index (χ0v) is 10.5. The van der Waals surface area contributed by atoms with Crippen molar-refractivity contribution in [1.29, 1.82) is 0 Å². The van der Waals surface area contributed by atoms with Gasteiger partial charge in [-0.15, -0.1) is 0 Å². The summed E-state index contributed by atoms with van der Waals surface area (Å²) in [4.78, 5) is 16.0. The van der Waals surface area contributed by atoms with Gasteiger partial charge in [-0.05, 0) is 19.8 Å². The van der Waals surface area contributed by atoms with E-state index < -0.39 is 0 Å². The average molecular weight is 225 g/mol. The van der Waals surface area contributed by atoms with E-state index in [-0.39, 0.29) is 0 Å². The average Bonchev–Trinajstić information content (AvgIpc) is 2.39. The van der Waals surface area contributed by atoms with Crippen LogP contribution in [-0.2, 0) is 4.79 Å². The first kappa shape index (κ1) is 11.9. The second-order valence-corrected chi connectivity index (χ2v) is 5.26. The number of carbonyl (C=O) groups is 1. The third kappa shape index (κ3) is 2.76. The highest BCUT2D eigenvalue weighted by Gasteiger charge is 2.29. The highest BCUT2D eigenvalue weighted by Crippen LogP contribution is 2.25. The van der Waals surface area contributed by atoms with E-state index in [1.54, 1.807) is 4.90 Å². The summed E-state index contributed by atoms with van der Waals surface area (Å²) in [7, 11) is 0. The molecule has 0 aromatic carbocycles. The second-order valence-electron chi connectivity index (χ2n) is 5.26. The third-order valence-electron chi connectivity index (χ3n) is 4.24. The maximum Gasteiger partial charge on any atom is 0.226 e. The number of rotatable bonds is 2. The maximum atomic E-state index is 12.3. The van der Waals surface area contributed by atoms with Crippen molar-refractivity contribution >= 4 is 5.91 Å². The zero-order chi connectivity index (χ0) is 11.4. The molecule has 1 N–H and O–H groups in total. The van der Waals surface area contributed by atoms with Gasteiger partial charge in [0.15, 0.2) is 0 Å². The van der Waals surface area contributed by atoms with Crippen LogP contribution in [0.5, 0.6) is 0 Å². The Labute approximate surface area is 98.8 Å². The Morgan fingerprint density at radius 2 is 1.81 bits per heavy atom. The molecule has 2 aliphatic rings. The van der Waals surface area contributed by atoms with Gasteiger partial charge in [-0.2, -0.15) is 0 Å². The summed E-state index contributed by atoms with van der Waals surface area (Å²) in [5, 5.41) is 0. The molecule has 1 amide bonds. The number of likely N-dealkylation sites (N-methyl/N-ethyl adjacent to an activating group) is 1. The van der Waals surface area contributed by atoms with E-state index in [1.807, 2.05) is 0 Å². The molecule has 0 aromatic heterocycles. The van der Waals surface area contributed by atoms with Gasteiger partial charge in [-0.1, -0.05) is 19.3 Å². The Bertz CT molecular complexity index is 228. The molecule has 3 nitrogen and oxygen atoms in total. The quantitative estimate of drug-likeness (QED) is 0.719. The van der Waals surface area contributed by atoms with Crippen molar-refractivity contribution in [2.75, 3.05) is 32.7 Å². The highest BCUT2D eigenvalue weighted by molar-refractivity contribution is 5.79. The molecule has 1 aliphatic heterocycles. The minimum Gasteiger partial charge on any atom is -0.332 e. The molecule has 0 bridgehead atoms. The number of amides is 1. The van der Waals surface area contributed by atoms with Gasteiger partial charge < -0.3 is 9.80 Å². The van der Waals surface area contributed by atoms with E-state index in [4.69, 9.17) is 0 Å². The molecular formula is C13H25N2O+. The van der Waals surface area contributed by atoms with Gasteiger partial charge in [0.25, 0.3) is 0 Å². The lowest BCUT2D eigenvalue weighted by atomic mass is 9.88. The molecular weight excluding hydrogens is 200 g/mol. The third-order valence-corrected chi connectivity index (χ3v) is 4.24. The zero-order valence-electron chi connectivity index (χ0n) is 10.5. The maximum absolute atomic E-state index is 12.3. The summed E-state index contributed by atoms with van der Waals surface area (Å²) in [5.41, 5.74) is 0. The molecule has 1 saturated carbocycles. The van der Waals surface area contributed by atoms with Crippen LogP contribution >= 0.6 is 0 Å². The van der Waals surface area contributed by atoms with Crippen molar-refractivity contribution < 1.29 is 9.69 Å². The van der Waals surface area contributed by atoms with Crippen LogP contribution in [0.2, 0.25) is 0 Å². The van der Waals surface area contributed by atoms with Gasteiger partial charge in [0.1, 0.15) is 0 Å². The van der Waals surface area contributed by atoms with E-state index in [1.165, 1.54) is 25.8 Å². The molecule has 3 heteroatoms. The molecule has 1 aliphatic carbocycles. The SMILES string of the molecule is CC[NH+]1CCN(C(=O)C2CCCCC2)CC1. The molecule has 2 fully saturated rings. The Kier molecular flexibility index (Phi) is 4.22. The Morgan fingerprint density at radius 1 is 1.19 bits per heavy atom.